The van der Waals surface area contributed by atoms with E-state index in [1.54, 1.807) is 0 Å². The fourth-order valence-corrected chi connectivity index (χ4v) is 10.3. The summed E-state index contributed by atoms with van der Waals surface area (Å²) >= 11 is 0. The summed E-state index contributed by atoms with van der Waals surface area (Å²) in [5.41, 5.74) is 12.3. The summed E-state index contributed by atoms with van der Waals surface area (Å²) in [6.07, 6.45) is 0. The van der Waals surface area contributed by atoms with Crippen LogP contribution in [-0.4, -0.2) is 0 Å². The van der Waals surface area contributed by atoms with Gasteiger partial charge < -0.3 is 0 Å². The summed E-state index contributed by atoms with van der Waals surface area (Å²) in [7, 11) is 0. The molecule has 0 spiro atoms. The van der Waals surface area contributed by atoms with Crippen molar-refractivity contribution in [1.29, 1.82) is 0 Å². The molecular formula is C57H36. The predicted molar refractivity (Wildman–Crippen MR) is 242 cm³/mol. The van der Waals surface area contributed by atoms with E-state index in [0.29, 0.717) is 0 Å². The van der Waals surface area contributed by atoms with Crippen molar-refractivity contribution in [3.63, 3.8) is 0 Å². The van der Waals surface area contributed by atoms with E-state index in [0.717, 1.165) is 0 Å². The summed E-state index contributed by atoms with van der Waals surface area (Å²) < 4.78 is 0. The third kappa shape index (κ3) is 4.56. The molecule has 0 fully saturated rings. The first kappa shape index (κ1) is 32.0. The largest absolute Gasteiger partial charge is 0.0713 e. The molecule has 0 aromatic heterocycles. The number of fused-ring (bicyclic) bond motifs is 10. The van der Waals surface area contributed by atoms with E-state index >= 15 is 0 Å². The number of benzene rings is 11. The highest BCUT2D eigenvalue weighted by Gasteiger charge is 2.47. The van der Waals surface area contributed by atoms with Crippen LogP contribution in [0, 0.1) is 0 Å². The van der Waals surface area contributed by atoms with Crippen LogP contribution in [0.1, 0.15) is 22.3 Å². The molecule has 0 bridgehead atoms. The highest BCUT2D eigenvalue weighted by molar-refractivity contribution is 6.21. The summed E-state index contributed by atoms with van der Waals surface area (Å²) in [6, 6.07) is 81.6. The minimum absolute atomic E-state index is 0.508. The summed E-state index contributed by atoms with van der Waals surface area (Å²) in [5.74, 6) is 0. The van der Waals surface area contributed by atoms with Crippen molar-refractivity contribution >= 4 is 53.9 Å². The Morgan fingerprint density at radius 2 is 0.772 bits per heavy atom. The van der Waals surface area contributed by atoms with E-state index < -0.39 is 5.41 Å². The van der Waals surface area contributed by atoms with Crippen LogP contribution in [0.4, 0.5) is 0 Å². The van der Waals surface area contributed by atoms with Gasteiger partial charge in [0.1, 0.15) is 0 Å². The van der Waals surface area contributed by atoms with Crippen molar-refractivity contribution in [2.24, 2.45) is 0 Å². The van der Waals surface area contributed by atoms with Crippen molar-refractivity contribution in [2.45, 2.75) is 5.41 Å². The van der Waals surface area contributed by atoms with Gasteiger partial charge in [0.25, 0.3) is 0 Å². The van der Waals surface area contributed by atoms with Crippen LogP contribution >= 0.6 is 0 Å². The molecule has 0 unspecified atom stereocenters. The normalized spacial score (nSPS) is 13.1. The fraction of sp³-hybridized carbons (Fsp3) is 0.0175. The molecule has 0 nitrogen and oxygen atoms in total. The zero-order chi connectivity index (χ0) is 37.5. The lowest BCUT2D eigenvalue weighted by molar-refractivity contribution is 0.769. The summed E-state index contributed by atoms with van der Waals surface area (Å²) in [5, 5.41) is 12.7. The van der Waals surface area contributed by atoms with E-state index in [4.69, 9.17) is 0 Å². The van der Waals surface area contributed by atoms with Gasteiger partial charge in [0.05, 0.1) is 5.41 Å². The molecular weight excluding hydrogens is 685 g/mol. The maximum atomic E-state index is 2.52. The van der Waals surface area contributed by atoms with Gasteiger partial charge in [-0.15, -0.1) is 0 Å². The molecule has 11 aromatic carbocycles. The third-order valence-corrected chi connectivity index (χ3v) is 12.7. The topological polar surface area (TPSA) is 0 Å². The molecule has 0 heterocycles. The van der Waals surface area contributed by atoms with Crippen molar-refractivity contribution in [2.75, 3.05) is 0 Å². The van der Waals surface area contributed by atoms with Crippen molar-refractivity contribution in [3.05, 3.63) is 241 Å². The minimum atomic E-state index is -0.508. The molecule has 0 N–H and O–H groups in total. The predicted octanol–water partition coefficient (Wildman–Crippen LogP) is 15.1. The second-order valence-electron chi connectivity index (χ2n) is 15.5. The van der Waals surface area contributed by atoms with Crippen molar-refractivity contribution in [3.8, 4) is 33.4 Å². The van der Waals surface area contributed by atoms with E-state index in [1.165, 1.54) is 109 Å². The van der Waals surface area contributed by atoms with Crippen LogP contribution in [0.15, 0.2) is 218 Å². The van der Waals surface area contributed by atoms with Gasteiger partial charge >= 0.3 is 0 Å². The monoisotopic (exact) mass is 720 g/mol. The maximum Gasteiger partial charge on any atom is 0.0713 e. The Labute approximate surface area is 331 Å². The highest BCUT2D eigenvalue weighted by atomic mass is 14.5. The lowest BCUT2D eigenvalue weighted by Crippen LogP contribution is -2.28. The molecule has 11 aromatic rings. The second kappa shape index (κ2) is 12.4. The molecule has 0 aliphatic heterocycles. The molecule has 57 heavy (non-hydrogen) atoms. The van der Waals surface area contributed by atoms with E-state index in [9.17, 15) is 0 Å². The second-order valence-corrected chi connectivity index (χ2v) is 15.5. The van der Waals surface area contributed by atoms with Crippen molar-refractivity contribution in [1.82, 2.24) is 0 Å². The first-order valence-electron chi connectivity index (χ1n) is 19.9. The SMILES string of the molecule is c1ccc(C2(c3ccccc3)c3ccc(-c4c5ccccc5cc5c4ccc4ccccc45)cc3-c3c2ccc2c(-c4cccc5ccccc45)cccc32)cc1. The fourth-order valence-electron chi connectivity index (χ4n) is 10.3. The molecule has 0 saturated carbocycles. The smallest absolute Gasteiger partial charge is 0.0622 e. The number of hydrogen-bond acceptors (Lipinski definition) is 0. The first-order chi connectivity index (χ1) is 28.3. The summed E-state index contributed by atoms with van der Waals surface area (Å²) in [6.45, 7) is 0. The average molecular weight is 721 g/mol. The van der Waals surface area contributed by atoms with Gasteiger partial charge in [-0.25, -0.2) is 0 Å². The zero-order valence-corrected chi connectivity index (χ0v) is 31.3. The Morgan fingerprint density at radius 1 is 0.246 bits per heavy atom. The molecule has 0 saturated heterocycles. The lowest BCUT2D eigenvalue weighted by atomic mass is 9.67. The van der Waals surface area contributed by atoms with Crippen LogP contribution in [0.2, 0.25) is 0 Å². The van der Waals surface area contributed by atoms with Crippen LogP contribution < -0.4 is 0 Å². The zero-order valence-electron chi connectivity index (χ0n) is 31.3. The third-order valence-electron chi connectivity index (χ3n) is 12.7. The van der Waals surface area contributed by atoms with Crippen LogP contribution in [0.25, 0.3) is 87.2 Å². The van der Waals surface area contributed by atoms with Gasteiger partial charge in [0.2, 0.25) is 0 Å². The Balaban J connectivity index is 1.22. The molecule has 0 amide bonds. The standard InChI is InChI=1S/C57H36/c1-3-19-41(20-4-1)57(42-21-5-2-6-22-42)53-33-30-40(55-45-25-12-9-17-39(45)35-51-44-24-11-8-16-38(44)29-31-50(51)55)36-52(53)56-49-28-14-27-47(48(49)32-34-54(56)57)46-26-13-18-37-15-7-10-23-43(37)46/h1-36H. The molecule has 12 rings (SSSR count). The van der Waals surface area contributed by atoms with Crippen LogP contribution in [0.3, 0.4) is 0 Å². The minimum Gasteiger partial charge on any atom is -0.0622 e. The Kier molecular flexibility index (Phi) is 6.94. The molecule has 0 radical (unpaired) electrons. The molecule has 0 heteroatoms. The van der Waals surface area contributed by atoms with Gasteiger partial charge in [-0.1, -0.05) is 206 Å². The van der Waals surface area contributed by atoms with E-state index in [-0.39, 0.29) is 0 Å². The van der Waals surface area contributed by atoms with Gasteiger partial charge in [-0.3, -0.25) is 0 Å². The van der Waals surface area contributed by atoms with Gasteiger partial charge in [0.15, 0.2) is 0 Å². The highest BCUT2D eigenvalue weighted by Crippen LogP contribution is 2.59. The quantitative estimate of drug-likeness (QED) is 0.125. The molecule has 1 aliphatic rings. The first-order valence-corrected chi connectivity index (χ1v) is 19.9. The van der Waals surface area contributed by atoms with Gasteiger partial charge in [-0.05, 0) is 122 Å². The van der Waals surface area contributed by atoms with Gasteiger partial charge in [0, 0.05) is 0 Å². The average Bonchev–Trinajstić information content (AvgIpc) is 3.59. The summed E-state index contributed by atoms with van der Waals surface area (Å²) in [4.78, 5) is 0. The lowest BCUT2D eigenvalue weighted by Gasteiger charge is -2.34. The van der Waals surface area contributed by atoms with Gasteiger partial charge in [-0.2, -0.15) is 0 Å². The van der Waals surface area contributed by atoms with E-state index in [2.05, 4.69) is 218 Å². The number of rotatable bonds is 4. The van der Waals surface area contributed by atoms with Crippen molar-refractivity contribution < 1.29 is 0 Å². The van der Waals surface area contributed by atoms with Crippen LogP contribution in [0.5, 0.6) is 0 Å². The molecule has 1 aliphatic carbocycles. The number of hydrogen-bond donors (Lipinski definition) is 0. The Hall–Kier alpha value is -7.28. The molecule has 0 atom stereocenters. The molecule has 264 valence electrons. The Morgan fingerprint density at radius 3 is 1.53 bits per heavy atom. The Bertz CT molecular complexity index is 3350. The van der Waals surface area contributed by atoms with Crippen LogP contribution in [-0.2, 0) is 5.41 Å². The maximum absolute atomic E-state index is 2.52. The van der Waals surface area contributed by atoms with E-state index in [1.807, 2.05) is 0 Å².